The molecule has 1 heterocycles. The summed E-state index contributed by atoms with van der Waals surface area (Å²) in [5, 5.41) is 4.16. The van der Waals surface area contributed by atoms with E-state index in [1.54, 1.807) is 48.5 Å². The molecule has 26 heavy (non-hydrogen) atoms. The maximum Gasteiger partial charge on any atom is 0.251 e. The molecular formula is C19H16ClNO3S2. The van der Waals surface area contributed by atoms with E-state index in [1.807, 2.05) is 11.4 Å². The van der Waals surface area contributed by atoms with Crippen LogP contribution in [-0.2, 0) is 9.84 Å². The van der Waals surface area contributed by atoms with Gasteiger partial charge in [0, 0.05) is 22.0 Å². The Morgan fingerprint density at radius 1 is 1.00 bits per heavy atom. The zero-order valence-electron chi connectivity index (χ0n) is 13.6. The topological polar surface area (TPSA) is 63.2 Å². The van der Waals surface area contributed by atoms with Gasteiger partial charge in [0.15, 0.2) is 9.84 Å². The normalized spacial score (nSPS) is 12.5. The van der Waals surface area contributed by atoms with Crippen LogP contribution in [0.3, 0.4) is 0 Å². The summed E-state index contributed by atoms with van der Waals surface area (Å²) in [7, 11) is -3.68. The van der Waals surface area contributed by atoms with Gasteiger partial charge in [-0.05, 0) is 47.8 Å². The molecule has 1 amide bonds. The van der Waals surface area contributed by atoms with Gasteiger partial charge in [-0.2, -0.15) is 0 Å². The van der Waals surface area contributed by atoms with Crippen LogP contribution < -0.4 is 5.32 Å². The first-order valence-corrected chi connectivity index (χ1v) is 10.6. The van der Waals surface area contributed by atoms with Crippen molar-refractivity contribution in [3.63, 3.8) is 0 Å². The van der Waals surface area contributed by atoms with E-state index >= 15 is 0 Å². The Morgan fingerprint density at radius 3 is 2.31 bits per heavy atom. The molecule has 0 saturated carbocycles. The van der Waals surface area contributed by atoms with Crippen molar-refractivity contribution in [3.8, 4) is 0 Å². The van der Waals surface area contributed by atoms with Gasteiger partial charge in [0.25, 0.3) is 5.91 Å². The molecule has 1 atom stereocenters. The summed E-state index contributed by atoms with van der Waals surface area (Å²) in [6.45, 7) is -0.0147. The summed E-state index contributed by atoms with van der Waals surface area (Å²) in [6.07, 6.45) is 0. The van der Waals surface area contributed by atoms with Crippen LogP contribution >= 0.6 is 22.9 Å². The molecule has 0 fully saturated rings. The van der Waals surface area contributed by atoms with E-state index in [-0.39, 0.29) is 17.3 Å². The number of hydrogen-bond donors (Lipinski definition) is 1. The summed E-state index contributed by atoms with van der Waals surface area (Å²) in [5.41, 5.74) is 0.487. The van der Waals surface area contributed by atoms with E-state index in [0.717, 1.165) is 0 Å². The van der Waals surface area contributed by atoms with Gasteiger partial charge in [-0.15, -0.1) is 11.3 Å². The fourth-order valence-electron chi connectivity index (χ4n) is 2.50. The molecule has 134 valence electrons. The zero-order chi connectivity index (χ0) is 18.6. The van der Waals surface area contributed by atoms with E-state index < -0.39 is 15.1 Å². The molecule has 0 aliphatic carbocycles. The molecule has 2 aromatic carbocycles. The molecule has 7 heteroatoms. The number of halogens is 1. The predicted octanol–water partition coefficient (Wildman–Crippen LogP) is 4.35. The van der Waals surface area contributed by atoms with Crippen molar-refractivity contribution in [2.45, 2.75) is 10.1 Å². The van der Waals surface area contributed by atoms with Gasteiger partial charge < -0.3 is 5.32 Å². The van der Waals surface area contributed by atoms with Gasteiger partial charge in [0.1, 0.15) is 5.25 Å². The van der Waals surface area contributed by atoms with Crippen molar-refractivity contribution < 1.29 is 13.2 Å². The van der Waals surface area contributed by atoms with E-state index in [4.69, 9.17) is 11.6 Å². The van der Waals surface area contributed by atoms with Crippen LogP contribution in [0, 0.1) is 0 Å². The molecule has 4 nitrogen and oxygen atoms in total. The van der Waals surface area contributed by atoms with Crippen molar-refractivity contribution in [2.24, 2.45) is 0 Å². The van der Waals surface area contributed by atoms with Crippen molar-refractivity contribution >= 4 is 38.7 Å². The third kappa shape index (κ3) is 4.15. The van der Waals surface area contributed by atoms with Crippen LogP contribution in [0.5, 0.6) is 0 Å². The molecule has 0 saturated heterocycles. The first-order valence-electron chi connectivity index (χ1n) is 7.84. The summed E-state index contributed by atoms with van der Waals surface area (Å²) in [5.74, 6) is -0.307. The Balaban J connectivity index is 1.86. The number of nitrogens with one attached hydrogen (secondary N) is 1. The summed E-state index contributed by atoms with van der Waals surface area (Å²) >= 11 is 7.21. The Kier molecular flexibility index (Phi) is 5.76. The quantitative estimate of drug-likeness (QED) is 0.663. The summed E-state index contributed by atoms with van der Waals surface area (Å²) < 4.78 is 26.2. The van der Waals surface area contributed by atoms with Gasteiger partial charge in [0.05, 0.1) is 4.90 Å². The van der Waals surface area contributed by atoms with Gasteiger partial charge in [-0.1, -0.05) is 35.9 Å². The molecule has 3 aromatic rings. The predicted molar refractivity (Wildman–Crippen MR) is 104 cm³/mol. The first kappa shape index (κ1) is 18.6. The highest BCUT2D eigenvalue weighted by Crippen LogP contribution is 2.32. The van der Waals surface area contributed by atoms with Crippen molar-refractivity contribution in [1.29, 1.82) is 0 Å². The summed E-state index contributed by atoms with van der Waals surface area (Å²) in [6, 6.07) is 18.3. The zero-order valence-corrected chi connectivity index (χ0v) is 16.0. The highest BCUT2D eigenvalue weighted by Gasteiger charge is 2.30. The standard InChI is InChI=1S/C19H16ClNO3S2/c20-15-8-10-16(11-9-15)26(23,24)18(17-7-4-12-25-17)13-21-19(22)14-5-2-1-3-6-14/h1-12,18H,13H2,(H,21,22)/t18-/m1/s1. The number of amides is 1. The lowest BCUT2D eigenvalue weighted by atomic mass is 10.2. The third-order valence-electron chi connectivity index (χ3n) is 3.86. The smallest absolute Gasteiger partial charge is 0.251 e. The molecule has 1 N–H and O–H groups in total. The number of thiophene rings is 1. The Hall–Kier alpha value is -2.15. The average Bonchev–Trinajstić information content (AvgIpc) is 3.17. The largest absolute Gasteiger partial charge is 0.350 e. The highest BCUT2D eigenvalue weighted by molar-refractivity contribution is 7.91. The van der Waals surface area contributed by atoms with Crippen molar-refractivity contribution in [3.05, 3.63) is 87.6 Å². The number of benzene rings is 2. The molecule has 1 aromatic heterocycles. The van der Waals surface area contributed by atoms with Crippen LogP contribution in [-0.4, -0.2) is 20.9 Å². The Morgan fingerprint density at radius 2 is 1.69 bits per heavy atom. The number of hydrogen-bond acceptors (Lipinski definition) is 4. The molecule has 0 radical (unpaired) electrons. The van der Waals surface area contributed by atoms with Gasteiger partial charge in [-0.3, -0.25) is 4.79 Å². The fraction of sp³-hybridized carbons (Fsp3) is 0.105. The minimum atomic E-state index is -3.68. The molecule has 3 rings (SSSR count). The minimum Gasteiger partial charge on any atom is -0.350 e. The first-order chi connectivity index (χ1) is 12.5. The third-order valence-corrected chi connectivity index (χ3v) is 7.35. The van der Waals surface area contributed by atoms with Crippen LogP contribution in [0.25, 0.3) is 0 Å². The van der Waals surface area contributed by atoms with Crippen molar-refractivity contribution in [1.82, 2.24) is 5.32 Å². The van der Waals surface area contributed by atoms with Gasteiger partial charge in [0.2, 0.25) is 0 Å². The highest BCUT2D eigenvalue weighted by atomic mass is 35.5. The second kappa shape index (κ2) is 8.03. The maximum absolute atomic E-state index is 13.1. The Labute approximate surface area is 161 Å². The van der Waals surface area contributed by atoms with E-state index in [0.29, 0.717) is 15.5 Å². The number of carbonyl (C=O) groups is 1. The minimum absolute atomic E-state index is 0.0147. The SMILES string of the molecule is O=C(NC[C@H](c1cccs1)S(=O)(=O)c1ccc(Cl)cc1)c1ccccc1. The average molecular weight is 406 g/mol. The lowest BCUT2D eigenvalue weighted by Gasteiger charge is -2.17. The Bertz CT molecular complexity index is 969. The van der Waals surface area contributed by atoms with Crippen molar-refractivity contribution in [2.75, 3.05) is 6.54 Å². The van der Waals surface area contributed by atoms with E-state index in [2.05, 4.69) is 5.32 Å². The number of sulfone groups is 1. The van der Waals surface area contributed by atoms with Crippen LogP contribution in [0.15, 0.2) is 77.0 Å². The van der Waals surface area contributed by atoms with Gasteiger partial charge in [-0.25, -0.2) is 8.42 Å². The molecule has 0 unspecified atom stereocenters. The molecule has 0 spiro atoms. The maximum atomic E-state index is 13.1. The second-order valence-electron chi connectivity index (χ2n) is 5.58. The lowest BCUT2D eigenvalue weighted by molar-refractivity contribution is 0.0953. The lowest BCUT2D eigenvalue weighted by Crippen LogP contribution is -2.31. The van der Waals surface area contributed by atoms with E-state index in [9.17, 15) is 13.2 Å². The monoisotopic (exact) mass is 405 g/mol. The molecule has 0 bridgehead atoms. The molecular weight excluding hydrogens is 390 g/mol. The van der Waals surface area contributed by atoms with Crippen LogP contribution in [0.2, 0.25) is 5.02 Å². The second-order valence-corrected chi connectivity index (χ2v) is 9.13. The van der Waals surface area contributed by atoms with E-state index in [1.165, 1.54) is 23.5 Å². The fourth-order valence-corrected chi connectivity index (χ4v) is 5.41. The number of rotatable bonds is 6. The molecule has 0 aliphatic heterocycles. The van der Waals surface area contributed by atoms with Crippen LogP contribution in [0.1, 0.15) is 20.5 Å². The number of carbonyl (C=O) groups excluding carboxylic acids is 1. The summed E-state index contributed by atoms with van der Waals surface area (Å²) in [4.78, 5) is 13.2. The van der Waals surface area contributed by atoms with Crippen LogP contribution in [0.4, 0.5) is 0 Å². The van der Waals surface area contributed by atoms with Gasteiger partial charge >= 0.3 is 0 Å². The molecule has 0 aliphatic rings.